The van der Waals surface area contributed by atoms with Crippen LogP contribution in [0.1, 0.15) is 61.6 Å². The Morgan fingerprint density at radius 2 is 0.900 bits per heavy atom. The number of rotatable bonds is 26. The van der Waals surface area contributed by atoms with Gasteiger partial charge in [0.1, 0.15) is 53.5 Å². The fourth-order valence-electron chi connectivity index (χ4n) is 7.45. The van der Waals surface area contributed by atoms with Crippen molar-refractivity contribution in [2.45, 2.75) is 107 Å². The molecule has 0 aliphatic carbocycles. The summed E-state index contributed by atoms with van der Waals surface area (Å²) in [4.78, 5) is 132. The monoisotopic (exact) mass is 975 g/mol. The molecule has 8 amide bonds. The largest absolute Gasteiger partial charge is 0.508 e. The number of benzene rings is 3. The first kappa shape index (κ1) is 54.3. The number of amides is 8. The molecule has 0 aromatic heterocycles. The number of nitrogens with one attached hydrogen (secondary N) is 5. The highest BCUT2D eigenvalue weighted by Gasteiger charge is 2.39. The van der Waals surface area contributed by atoms with Crippen molar-refractivity contribution < 1.29 is 73.5 Å². The van der Waals surface area contributed by atoms with E-state index in [1.54, 1.807) is 0 Å². The van der Waals surface area contributed by atoms with Gasteiger partial charge in [-0.15, -0.1) is 0 Å². The number of carboxylic acid groups (broad SMARTS) is 2. The molecule has 7 atom stereocenters. The van der Waals surface area contributed by atoms with E-state index in [4.69, 9.17) is 17.2 Å². The van der Waals surface area contributed by atoms with Gasteiger partial charge in [-0.05, 0) is 78.8 Å². The smallest absolute Gasteiger partial charge is 0.326 e. The third kappa shape index (κ3) is 17.1. The molecule has 16 N–H and O–H groups in total. The van der Waals surface area contributed by atoms with Crippen molar-refractivity contribution in [1.29, 1.82) is 0 Å². The van der Waals surface area contributed by atoms with E-state index in [9.17, 15) is 73.5 Å². The van der Waals surface area contributed by atoms with Crippen LogP contribution >= 0.6 is 0 Å². The molecule has 3 aromatic carbocycles. The summed E-state index contributed by atoms with van der Waals surface area (Å²) >= 11 is 0. The Kier molecular flexibility index (Phi) is 20.0. The number of carbonyl (C=O) groups excluding carboxylic acids is 8. The van der Waals surface area contributed by atoms with Crippen LogP contribution in [0.5, 0.6) is 17.2 Å². The third-order valence-corrected chi connectivity index (χ3v) is 11.2. The van der Waals surface area contributed by atoms with Crippen LogP contribution in [0.2, 0.25) is 0 Å². The van der Waals surface area contributed by atoms with Gasteiger partial charge in [-0.3, -0.25) is 43.2 Å². The standard InChI is InChI=1S/C46H57N9O15/c47-30(15-17-37(48)59)40(63)50-31(16-18-38(49)60)41(64)51-32(20-24-3-9-27(56)10-4-24)42(65)52-33(21-25-5-11-28(57)12-6-25)43(66)53-34(23-39(61)62)44(67)54-35(22-26-7-13-29(58)14-8-26)45(68)55-19-1-2-36(55)46(69)70/h3-14,30-36,56-58H,1-2,15-23,47H2,(H2,48,59)(H2,49,60)(H,50,63)(H,51,64)(H,52,65)(H,53,66)(H,54,67)(H,61,62)(H,69,70)/t30-,31-,32-,33-,34-,35-,36-/m0/s1. The molecule has 1 aliphatic rings. The van der Waals surface area contributed by atoms with Gasteiger partial charge in [0.25, 0.3) is 0 Å². The van der Waals surface area contributed by atoms with Gasteiger partial charge < -0.3 is 74.2 Å². The first-order chi connectivity index (χ1) is 33.1. The molecule has 0 saturated carbocycles. The minimum Gasteiger partial charge on any atom is -0.508 e. The fourth-order valence-corrected chi connectivity index (χ4v) is 7.45. The van der Waals surface area contributed by atoms with E-state index in [1.807, 2.05) is 0 Å². The highest BCUT2D eigenvalue weighted by Crippen LogP contribution is 2.21. The van der Waals surface area contributed by atoms with Crippen LogP contribution in [0.3, 0.4) is 0 Å². The molecule has 24 heteroatoms. The Bertz CT molecular complexity index is 2380. The van der Waals surface area contributed by atoms with Crippen molar-refractivity contribution in [1.82, 2.24) is 31.5 Å². The van der Waals surface area contributed by atoms with Crippen LogP contribution in [0.15, 0.2) is 72.8 Å². The summed E-state index contributed by atoms with van der Waals surface area (Å²) in [6, 6.07) is 5.56. The summed E-state index contributed by atoms with van der Waals surface area (Å²) in [6.07, 6.45) is -2.77. The number of aromatic hydroxyl groups is 3. The van der Waals surface area contributed by atoms with Gasteiger partial charge in [-0.2, -0.15) is 0 Å². The van der Waals surface area contributed by atoms with E-state index in [2.05, 4.69) is 26.6 Å². The maximum atomic E-state index is 14.4. The van der Waals surface area contributed by atoms with E-state index >= 15 is 0 Å². The fraction of sp³-hybridized carbons (Fsp3) is 0.391. The minimum atomic E-state index is -1.93. The van der Waals surface area contributed by atoms with Gasteiger partial charge in [0.05, 0.1) is 12.5 Å². The summed E-state index contributed by atoms with van der Waals surface area (Å²) in [5.74, 6) is -11.0. The van der Waals surface area contributed by atoms with E-state index in [1.165, 1.54) is 72.8 Å². The van der Waals surface area contributed by atoms with Crippen molar-refractivity contribution in [3.63, 3.8) is 0 Å². The van der Waals surface area contributed by atoms with Crippen LogP contribution < -0.4 is 43.8 Å². The third-order valence-electron chi connectivity index (χ3n) is 11.2. The molecule has 0 radical (unpaired) electrons. The summed E-state index contributed by atoms with van der Waals surface area (Å²) < 4.78 is 0. The molecule has 1 saturated heterocycles. The molecule has 1 fully saturated rings. The topological polar surface area (TPSA) is 413 Å². The molecular weight excluding hydrogens is 919 g/mol. The van der Waals surface area contributed by atoms with E-state index < -0.39 is 114 Å². The molecule has 24 nitrogen and oxygen atoms in total. The maximum Gasteiger partial charge on any atom is 0.326 e. The van der Waals surface area contributed by atoms with Crippen LogP contribution in [-0.2, 0) is 67.2 Å². The number of nitrogens with two attached hydrogens (primary N) is 3. The molecule has 4 rings (SSSR count). The van der Waals surface area contributed by atoms with Crippen LogP contribution in [0.4, 0.5) is 0 Å². The first-order valence-electron chi connectivity index (χ1n) is 22.0. The quantitative estimate of drug-likeness (QED) is 0.0401. The molecule has 70 heavy (non-hydrogen) atoms. The number of aliphatic carboxylic acids is 2. The van der Waals surface area contributed by atoms with E-state index in [0.717, 1.165) is 4.90 Å². The molecular formula is C46H57N9O15. The molecule has 1 heterocycles. The van der Waals surface area contributed by atoms with E-state index in [0.29, 0.717) is 23.1 Å². The summed E-state index contributed by atoms with van der Waals surface area (Å²) in [5.41, 5.74) is 17.5. The van der Waals surface area contributed by atoms with Crippen molar-refractivity contribution >= 4 is 59.2 Å². The lowest BCUT2D eigenvalue weighted by molar-refractivity contribution is -0.149. The summed E-state index contributed by atoms with van der Waals surface area (Å²) in [7, 11) is 0. The van der Waals surface area contributed by atoms with Crippen LogP contribution in [-0.4, -0.2) is 138 Å². The number of nitrogens with zero attached hydrogens (tertiary/aromatic N) is 1. The van der Waals surface area contributed by atoms with Crippen molar-refractivity contribution in [2.75, 3.05) is 6.54 Å². The number of carboxylic acids is 2. The molecule has 1 aliphatic heterocycles. The molecule has 0 bridgehead atoms. The molecule has 0 spiro atoms. The zero-order chi connectivity index (χ0) is 51.7. The number of hydrogen-bond donors (Lipinski definition) is 13. The summed E-state index contributed by atoms with van der Waals surface area (Å²) in [5, 5.41) is 61.6. The maximum absolute atomic E-state index is 14.4. The lowest BCUT2D eigenvalue weighted by atomic mass is 10.0. The Morgan fingerprint density at radius 3 is 1.33 bits per heavy atom. The van der Waals surface area contributed by atoms with Crippen LogP contribution in [0.25, 0.3) is 0 Å². The highest BCUT2D eigenvalue weighted by atomic mass is 16.4. The molecule has 376 valence electrons. The molecule has 3 aromatic rings. The second kappa shape index (κ2) is 25.7. The zero-order valence-electron chi connectivity index (χ0n) is 37.7. The predicted octanol–water partition coefficient (Wildman–Crippen LogP) is -2.34. The Morgan fingerprint density at radius 1 is 0.529 bits per heavy atom. The van der Waals surface area contributed by atoms with Gasteiger partial charge in [-0.1, -0.05) is 36.4 Å². The van der Waals surface area contributed by atoms with Crippen molar-refractivity contribution in [3.05, 3.63) is 89.5 Å². The van der Waals surface area contributed by atoms with Crippen molar-refractivity contribution in [3.8, 4) is 17.2 Å². The average Bonchev–Trinajstić information content (AvgIpc) is 3.81. The predicted molar refractivity (Wildman–Crippen MR) is 245 cm³/mol. The lowest BCUT2D eigenvalue weighted by Crippen LogP contribution is -2.60. The van der Waals surface area contributed by atoms with Gasteiger partial charge in [-0.25, -0.2) is 4.79 Å². The number of phenols is 3. The van der Waals surface area contributed by atoms with Crippen molar-refractivity contribution in [2.24, 2.45) is 17.2 Å². The second-order valence-electron chi connectivity index (χ2n) is 16.7. The van der Waals surface area contributed by atoms with Gasteiger partial charge >= 0.3 is 11.9 Å². The molecule has 0 unspecified atom stereocenters. The number of primary amides is 2. The lowest BCUT2D eigenvalue weighted by Gasteiger charge is -2.29. The van der Waals surface area contributed by atoms with Gasteiger partial charge in [0.15, 0.2) is 0 Å². The van der Waals surface area contributed by atoms with E-state index in [-0.39, 0.29) is 68.7 Å². The SMILES string of the molecule is NC(=O)CC[C@H](NC(=O)[C@@H](N)CCC(N)=O)C(=O)N[C@@H](Cc1ccc(O)cc1)C(=O)N[C@@H](Cc1ccc(O)cc1)C(=O)N[C@@H](CC(=O)O)C(=O)N[C@@H](Cc1ccc(O)cc1)C(=O)N1CCC[C@H]1C(=O)O. The Balaban J connectivity index is 1.67. The first-order valence-corrected chi connectivity index (χ1v) is 22.0. The summed E-state index contributed by atoms with van der Waals surface area (Å²) in [6.45, 7) is 0.0368. The number of phenolic OH excluding ortho intramolecular Hbond substituents is 3. The number of hydrogen-bond acceptors (Lipinski definition) is 14. The van der Waals surface area contributed by atoms with Crippen LogP contribution in [0, 0.1) is 0 Å². The van der Waals surface area contributed by atoms with Gasteiger partial charge in [0.2, 0.25) is 47.3 Å². The number of carbonyl (C=O) groups is 10. The second-order valence-corrected chi connectivity index (χ2v) is 16.7. The average molecular weight is 976 g/mol. The normalized spacial score (nSPS) is 15.7. The Hall–Kier alpha value is -8.28. The zero-order valence-corrected chi connectivity index (χ0v) is 37.7. The highest BCUT2D eigenvalue weighted by molar-refractivity contribution is 5.98. The van der Waals surface area contributed by atoms with Gasteiger partial charge in [0, 0.05) is 38.6 Å². The number of likely N-dealkylation sites (tertiary alicyclic amines) is 1. The minimum absolute atomic E-state index is 0.0368. The Labute approximate surface area is 400 Å².